The van der Waals surface area contributed by atoms with E-state index in [-0.39, 0.29) is 10.8 Å². The predicted octanol–water partition coefficient (Wildman–Crippen LogP) is 2.60. The summed E-state index contributed by atoms with van der Waals surface area (Å²) in [6.07, 6.45) is 1.71. The molecule has 0 fully saturated rings. The van der Waals surface area contributed by atoms with Crippen LogP contribution in [-0.4, -0.2) is 25.2 Å². The summed E-state index contributed by atoms with van der Waals surface area (Å²) >= 11 is 5.83. The Morgan fingerprint density at radius 2 is 2.14 bits per heavy atom. The van der Waals surface area contributed by atoms with E-state index in [4.69, 9.17) is 11.6 Å². The molecule has 0 spiro atoms. The van der Waals surface area contributed by atoms with Crippen molar-refractivity contribution in [2.75, 3.05) is 10.8 Å². The van der Waals surface area contributed by atoms with Gasteiger partial charge in [0.2, 0.25) is 0 Å². The molecule has 0 saturated carbocycles. The number of aromatic amines is 1. The molecule has 0 aliphatic carbocycles. The molecule has 2 heterocycles. The maximum Gasteiger partial charge on any atom is 0.268 e. The number of aryl methyl sites for hydroxylation is 2. The van der Waals surface area contributed by atoms with Crippen molar-refractivity contribution < 1.29 is 8.42 Å². The minimum Gasteiger partial charge on any atom is -0.281 e. The Morgan fingerprint density at radius 1 is 1.38 bits per heavy atom. The molecule has 0 amide bonds. The second-order valence-corrected chi connectivity index (χ2v) is 7.13. The van der Waals surface area contributed by atoms with E-state index in [2.05, 4.69) is 10.2 Å². The van der Waals surface area contributed by atoms with E-state index in [1.807, 2.05) is 24.3 Å². The molecule has 1 aliphatic rings. The van der Waals surface area contributed by atoms with Crippen LogP contribution in [0.3, 0.4) is 0 Å². The van der Waals surface area contributed by atoms with Crippen LogP contribution >= 0.6 is 11.6 Å². The Morgan fingerprint density at radius 3 is 2.90 bits per heavy atom. The zero-order valence-corrected chi connectivity index (χ0v) is 13.2. The van der Waals surface area contributed by atoms with Gasteiger partial charge in [0.05, 0.1) is 23.0 Å². The maximum absolute atomic E-state index is 13.0. The standard InChI is InChI=1S/C14H16ClN3O2S/c1-10-14(12(9-15)17-16-10)21(19,20)18-8-4-6-11-5-2-3-7-13(11)18/h2-3,5,7H,4,6,8-9H2,1H3,(H,16,17). The highest BCUT2D eigenvalue weighted by atomic mass is 35.5. The molecule has 3 rings (SSSR count). The Bertz CT molecular complexity index is 770. The van der Waals surface area contributed by atoms with Gasteiger partial charge in [-0.3, -0.25) is 9.40 Å². The Kier molecular flexibility index (Phi) is 3.67. The average Bonchev–Trinajstić information content (AvgIpc) is 2.88. The highest BCUT2D eigenvalue weighted by molar-refractivity contribution is 7.93. The predicted molar refractivity (Wildman–Crippen MR) is 82.2 cm³/mol. The van der Waals surface area contributed by atoms with Gasteiger partial charge in [0, 0.05) is 6.54 Å². The first-order chi connectivity index (χ1) is 10.1. The number of H-pyrrole nitrogens is 1. The molecule has 0 unspecified atom stereocenters. The third-order valence-corrected chi connectivity index (χ3v) is 5.97. The molecule has 5 nitrogen and oxygen atoms in total. The van der Waals surface area contributed by atoms with Crippen LogP contribution in [-0.2, 0) is 22.3 Å². The molecule has 0 bridgehead atoms. The zero-order valence-electron chi connectivity index (χ0n) is 11.6. The summed E-state index contributed by atoms with van der Waals surface area (Å²) < 4.78 is 27.5. The first-order valence-corrected chi connectivity index (χ1v) is 8.73. The van der Waals surface area contributed by atoms with E-state index in [1.165, 1.54) is 4.31 Å². The van der Waals surface area contributed by atoms with Gasteiger partial charge in [-0.15, -0.1) is 11.6 Å². The van der Waals surface area contributed by atoms with E-state index >= 15 is 0 Å². The second kappa shape index (κ2) is 5.35. The van der Waals surface area contributed by atoms with Gasteiger partial charge in [0.25, 0.3) is 10.0 Å². The molecular weight excluding hydrogens is 310 g/mol. The summed E-state index contributed by atoms with van der Waals surface area (Å²) in [5.74, 6) is 0.0639. The Hall–Kier alpha value is -1.53. The number of hydrogen-bond donors (Lipinski definition) is 1. The molecule has 1 aromatic carbocycles. The number of rotatable bonds is 3. The molecule has 1 N–H and O–H groups in total. The number of alkyl halides is 1. The summed E-state index contributed by atoms with van der Waals surface area (Å²) in [4.78, 5) is 0.203. The van der Waals surface area contributed by atoms with E-state index in [0.29, 0.717) is 17.9 Å². The quantitative estimate of drug-likeness (QED) is 0.882. The molecule has 1 aliphatic heterocycles. The number of sulfonamides is 1. The first kappa shape index (κ1) is 14.4. The normalized spacial score (nSPS) is 15.0. The number of aromatic nitrogens is 2. The molecule has 1 aromatic heterocycles. The van der Waals surface area contributed by atoms with Crippen LogP contribution in [0.15, 0.2) is 29.2 Å². The highest BCUT2D eigenvalue weighted by Crippen LogP contribution is 2.33. The van der Waals surface area contributed by atoms with E-state index in [9.17, 15) is 8.42 Å². The van der Waals surface area contributed by atoms with Crippen molar-refractivity contribution in [1.29, 1.82) is 0 Å². The minimum atomic E-state index is -3.65. The lowest BCUT2D eigenvalue weighted by Gasteiger charge is -2.30. The fraction of sp³-hybridized carbons (Fsp3) is 0.357. The van der Waals surface area contributed by atoms with Gasteiger partial charge in [-0.25, -0.2) is 8.42 Å². The van der Waals surface area contributed by atoms with Crippen molar-refractivity contribution in [3.63, 3.8) is 0 Å². The van der Waals surface area contributed by atoms with Crippen molar-refractivity contribution in [3.8, 4) is 0 Å². The second-order valence-electron chi connectivity index (χ2n) is 5.07. The van der Waals surface area contributed by atoms with E-state index in [0.717, 1.165) is 24.1 Å². The molecular formula is C14H16ClN3O2S. The lowest BCUT2D eigenvalue weighted by atomic mass is 10.0. The van der Waals surface area contributed by atoms with Gasteiger partial charge in [0.1, 0.15) is 4.90 Å². The number of benzene rings is 1. The van der Waals surface area contributed by atoms with Crippen LogP contribution in [0.2, 0.25) is 0 Å². The molecule has 2 aromatic rings. The summed E-state index contributed by atoms with van der Waals surface area (Å²) in [6, 6.07) is 7.61. The topological polar surface area (TPSA) is 66.1 Å². The number of fused-ring (bicyclic) bond motifs is 1. The van der Waals surface area contributed by atoms with Gasteiger partial charge in [-0.1, -0.05) is 18.2 Å². The smallest absolute Gasteiger partial charge is 0.268 e. The SMILES string of the molecule is Cc1[nH]nc(CCl)c1S(=O)(=O)N1CCCc2ccccc21. The van der Waals surface area contributed by atoms with Crippen molar-refractivity contribution in [2.45, 2.75) is 30.5 Å². The minimum absolute atomic E-state index is 0.0639. The number of hydrogen-bond acceptors (Lipinski definition) is 3. The third kappa shape index (κ3) is 2.32. The van der Waals surface area contributed by atoms with Crippen LogP contribution in [0, 0.1) is 6.92 Å². The number of nitrogens with zero attached hydrogens (tertiary/aromatic N) is 2. The lowest BCUT2D eigenvalue weighted by Crippen LogP contribution is -2.36. The van der Waals surface area contributed by atoms with Crippen LogP contribution in [0.5, 0.6) is 0 Å². The summed E-state index contributed by atoms with van der Waals surface area (Å²) in [6.45, 7) is 2.18. The van der Waals surface area contributed by atoms with Crippen molar-refractivity contribution >= 4 is 27.3 Å². The number of nitrogens with one attached hydrogen (secondary N) is 1. The number of para-hydroxylation sites is 1. The summed E-state index contributed by atoms with van der Waals surface area (Å²) in [5, 5.41) is 6.71. The number of halogens is 1. The van der Waals surface area contributed by atoms with Crippen LogP contribution in [0.4, 0.5) is 5.69 Å². The Balaban J connectivity index is 2.14. The third-order valence-electron chi connectivity index (χ3n) is 3.70. The van der Waals surface area contributed by atoms with E-state index in [1.54, 1.807) is 6.92 Å². The van der Waals surface area contributed by atoms with Gasteiger partial charge in [-0.2, -0.15) is 5.10 Å². The molecule has 0 atom stereocenters. The molecule has 7 heteroatoms. The van der Waals surface area contributed by atoms with Gasteiger partial charge < -0.3 is 0 Å². The monoisotopic (exact) mass is 325 g/mol. The average molecular weight is 326 g/mol. The van der Waals surface area contributed by atoms with Crippen LogP contribution in [0.25, 0.3) is 0 Å². The van der Waals surface area contributed by atoms with Crippen molar-refractivity contribution in [3.05, 3.63) is 41.2 Å². The van der Waals surface area contributed by atoms with Crippen molar-refractivity contribution in [2.24, 2.45) is 0 Å². The first-order valence-electron chi connectivity index (χ1n) is 6.76. The van der Waals surface area contributed by atoms with Gasteiger partial charge in [-0.05, 0) is 31.4 Å². The fourth-order valence-corrected chi connectivity index (χ4v) is 4.91. The van der Waals surface area contributed by atoms with Gasteiger partial charge in [0.15, 0.2) is 0 Å². The molecule has 0 saturated heterocycles. The molecule has 112 valence electrons. The van der Waals surface area contributed by atoms with Gasteiger partial charge >= 0.3 is 0 Å². The van der Waals surface area contributed by atoms with Crippen LogP contribution < -0.4 is 4.31 Å². The molecule has 21 heavy (non-hydrogen) atoms. The largest absolute Gasteiger partial charge is 0.281 e. The molecule has 0 radical (unpaired) electrons. The zero-order chi connectivity index (χ0) is 15.0. The Labute approximate surface area is 129 Å². The summed E-state index contributed by atoms with van der Waals surface area (Å²) in [5.41, 5.74) is 2.71. The van der Waals surface area contributed by atoms with Crippen molar-refractivity contribution in [1.82, 2.24) is 10.2 Å². The van der Waals surface area contributed by atoms with E-state index < -0.39 is 10.0 Å². The van der Waals surface area contributed by atoms with Crippen LogP contribution in [0.1, 0.15) is 23.4 Å². The number of anilines is 1. The highest BCUT2D eigenvalue weighted by Gasteiger charge is 2.33. The fourth-order valence-electron chi connectivity index (χ4n) is 2.76. The maximum atomic E-state index is 13.0. The summed E-state index contributed by atoms with van der Waals surface area (Å²) in [7, 11) is -3.65. The lowest BCUT2D eigenvalue weighted by molar-refractivity contribution is 0.585.